The first-order chi connectivity index (χ1) is 9.33. The Hall–Kier alpha value is -1.03. The Bertz CT molecular complexity index is 407. The van der Waals surface area contributed by atoms with Gasteiger partial charge in [-0.3, -0.25) is 9.59 Å². The van der Waals surface area contributed by atoms with Gasteiger partial charge in [0.1, 0.15) is 12.1 Å². The van der Waals surface area contributed by atoms with Crippen LogP contribution in [0, 0.1) is 11.8 Å². The highest BCUT2D eigenvalue weighted by atomic mass is 35.5. The average Bonchev–Trinajstić information content (AvgIpc) is 2.41. The van der Waals surface area contributed by atoms with Crippen molar-refractivity contribution in [2.24, 2.45) is 11.8 Å². The maximum atomic E-state index is 12.6. The Morgan fingerprint density at radius 2 is 2.00 bits per heavy atom. The first-order valence-corrected chi connectivity index (χ1v) is 7.63. The lowest BCUT2D eigenvalue weighted by molar-refractivity contribution is -0.152. The van der Waals surface area contributed by atoms with Gasteiger partial charge in [-0.05, 0) is 24.3 Å². The summed E-state index contributed by atoms with van der Waals surface area (Å²) in [5.74, 6) is 0.130. The van der Waals surface area contributed by atoms with Gasteiger partial charge in [-0.2, -0.15) is 0 Å². The van der Waals surface area contributed by atoms with Gasteiger partial charge in [-0.25, -0.2) is 0 Å². The number of rotatable bonds is 5. The molecule has 1 heterocycles. The Labute approximate surface area is 126 Å². The molecular formula is C15H25ClN2O2. The van der Waals surface area contributed by atoms with Crippen molar-refractivity contribution < 1.29 is 9.59 Å². The maximum Gasteiger partial charge on any atom is 0.246 e. The van der Waals surface area contributed by atoms with Crippen molar-refractivity contribution in [3.05, 3.63) is 11.1 Å². The Kier molecular flexibility index (Phi) is 6.06. The lowest BCUT2D eigenvalue weighted by atomic mass is 9.90. The second-order valence-corrected chi connectivity index (χ2v) is 6.20. The van der Waals surface area contributed by atoms with E-state index in [9.17, 15) is 9.59 Å². The van der Waals surface area contributed by atoms with Crippen LogP contribution in [-0.4, -0.2) is 35.3 Å². The summed E-state index contributed by atoms with van der Waals surface area (Å²) in [5.41, 5.74) is 2.35. The topological polar surface area (TPSA) is 49.4 Å². The smallest absolute Gasteiger partial charge is 0.246 e. The number of hydrogen-bond acceptors (Lipinski definition) is 2. The summed E-state index contributed by atoms with van der Waals surface area (Å²) in [6.45, 7) is 10.2. The van der Waals surface area contributed by atoms with Gasteiger partial charge in [0.15, 0.2) is 0 Å². The van der Waals surface area contributed by atoms with Crippen molar-refractivity contribution in [1.29, 1.82) is 0 Å². The maximum absolute atomic E-state index is 12.6. The molecule has 1 fully saturated rings. The normalized spacial score (nSPS) is 25.9. The van der Waals surface area contributed by atoms with E-state index in [1.807, 2.05) is 34.6 Å². The quantitative estimate of drug-likeness (QED) is 0.848. The summed E-state index contributed by atoms with van der Waals surface area (Å²) in [5, 5.41) is 2.87. The van der Waals surface area contributed by atoms with Gasteiger partial charge in [0.25, 0.3) is 0 Å². The molecule has 1 aliphatic heterocycles. The third-order valence-corrected chi connectivity index (χ3v) is 4.28. The highest BCUT2D eigenvalue weighted by Crippen LogP contribution is 2.23. The fourth-order valence-electron chi connectivity index (χ4n) is 2.48. The summed E-state index contributed by atoms with van der Waals surface area (Å²) >= 11 is 5.71. The zero-order valence-corrected chi connectivity index (χ0v) is 13.7. The van der Waals surface area contributed by atoms with Crippen LogP contribution in [0.25, 0.3) is 0 Å². The van der Waals surface area contributed by atoms with Crippen molar-refractivity contribution in [2.45, 2.75) is 53.1 Å². The molecule has 4 nitrogen and oxygen atoms in total. The standard InChI is InChI=1S/C15H25ClN2O2/c1-6-11(5)13-14(19)17-12(9(2)3)15(20)18(13)8-10(4)7-16/h7,9,11-13H,6,8H2,1-5H3,(H,17,19). The summed E-state index contributed by atoms with van der Waals surface area (Å²) in [6, 6.07) is -0.847. The molecule has 1 aliphatic rings. The summed E-state index contributed by atoms with van der Waals surface area (Å²) in [7, 11) is 0. The molecule has 0 radical (unpaired) electrons. The number of piperazine rings is 1. The molecule has 3 unspecified atom stereocenters. The Balaban J connectivity index is 3.09. The van der Waals surface area contributed by atoms with Crippen molar-refractivity contribution in [1.82, 2.24) is 10.2 Å². The number of carbonyl (C=O) groups is 2. The second kappa shape index (κ2) is 7.11. The molecule has 0 aliphatic carbocycles. The van der Waals surface area contributed by atoms with Gasteiger partial charge in [0.2, 0.25) is 11.8 Å². The summed E-state index contributed by atoms with van der Waals surface area (Å²) < 4.78 is 0. The number of hydrogen-bond donors (Lipinski definition) is 1. The number of nitrogens with one attached hydrogen (secondary N) is 1. The van der Waals surface area contributed by atoms with Crippen LogP contribution in [0.5, 0.6) is 0 Å². The molecule has 20 heavy (non-hydrogen) atoms. The molecule has 1 saturated heterocycles. The fourth-order valence-corrected chi connectivity index (χ4v) is 2.55. The van der Waals surface area contributed by atoms with Crippen LogP contribution in [0.1, 0.15) is 41.0 Å². The van der Waals surface area contributed by atoms with Gasteiger partial charge < -0.3 is 10.2 Å². The predicted octanol–water partition coefficient (Wildman–Crippen LogP) is 2.53. The van der Waals surface area contributed by atoms with Gasteiger partial charge >= 0.3 is 0 Å². The van der Waals surface area contributed by atoms with E-state index in [1.54, 1.807) is 4.90 Å². The zero-order valence-electron chi connectivity index (χ0n) is 12.9. The molecule has 1 rings (SSSR count). The second-order valence-electron chi connectivity index (χ2n) is 5.98. The van der Waals surface area contributed by atoms with E-state index in [0.29, 0.717) is 6.54 Å². The van der Waals surface area contributed by atoms with E-state index >= 15 is 0 Å². The van der Waals surface area contributed by atoms with Crippen LogP contribution in [0.4, 0.5) is 0 Å². The van der Waals surface area contributed by atoms with E-state index < -0.39 is 12.1 Å². The van der Waals surface area contributed by atoms with E-state index in [1.165, 1.54) is 5.54 Å². The van der Waals surface area contributed by atoms with Crippen LogP contribution in [0.3, 0.4) is 0 Å². The first kappa shape index (κ1) is 17.0. The first-order valence-electron chi connectivity index (χ1n) is 7.20. The third-order valence-electron chi connectivity index (χ3n) is 3.91. The minimum atomic E-state index is -0.439. The minimum absolute atomic E-state index is 0.0113. The molecule has 2 amide bonds. The summed E-state index contributed by atoms with van der Waals surface area (Å²) in [6.07, 6.45) is 0.845. The van der Waals surface area contributed by atoms with E-state index in [4.69, 9.17) is 11.6 Å². The molecule has 5 heteroatoms. The van der Waals surface area contributed by atoms with Crippen molar-refractivity contribution in [2.75, 3.05) is 6.54 Å². The van der Waals surface area contributed by atoms with Crippen LogP contribution in [0.2, 0.25) is 0 Å². The number of nitrogens with zero attached hydrogens (tertiary/aromatic N) is 1. The lowest BCUT2D eigenvalue weighted by Crippen LogP contribution is -2.66. The monoisotopic (exact) mass is 300 g/mol. The Morgan fingerprint density at radius 1 is 1.40 bits per heavy atom. The molecular weight excluding hydrogens is 276 g/mol. The van der Waals surface area contributed by atoms with E-state index in [-0.39, 0.29) is 23.7 Å². The molecule has 3 atom stereocenters. The number of halogens is 1. The van der Waals surface area contributed by atoms with Gasteiger partial charge in [-0.1, -0.05) is 45.7 Å². The van der Waals surface area contributed by atoms with Crippen LogP contribution in [0.15, 0.2) is 11.1 Å². The molecule has 0 saturated carbocycles. The van der Waals surface area contributed by atoms with Crippen LogP contribution >= 0.6 is 11.6 Å². The van der Waals surface area contributed by atoms with Gasteiger partial charge in [0.05, 0.1) is 0 Å². The third kappa shape index (κ3) is 3.54. The molecule has 0 aromatic rings. The van der Waals surface area contributed by atoms with Gasteiger partial charge in [-0.15, -0.1) is 0 Å². The molecule has 1 N–H and O–H groups in total. The largest absolute Gasteiger partial charge is 0.342 e. The highest BCUT2D eigenvalue weighted by Gasteiger charge is 2.43. The number of amides is 2. The lowest BCUT2D eigenvalue weighted by Gasteiger charge is -2.42. The minimum Gasteiger partial charge on any atom is -0.342 e. The van der Waals surface area contributed by atoms with Crippen molar-refractivity contribution in [3.8, 4) is 0 Å². The fraction of sp³-hybridized carbons (Fsp3) is 0.733. The van der Waals surface area contributed by atoms with E-state index in [0.717, 1.165) is 12.0 Å². The molecule has 0 aromatic carbocycles. The zero-order chi connectivity index (χ0) is 15.4. The van der Waals surface area contributed by atoms with Crippen molar-refractivity contribution >= 4 is 23.4 Å². The van der Waals surface area contributed by atoms with Gasteiger partial charge in [0, 0.05) is 12.1 Å². The molecule has 114 valence electrons. The predicted molar refractivity (Wildman–Crippen MR) is 81.3 cm³/mol. The van der Waals surface area contributed by atoms with E-state index in [2.05, 4.69) is 5.32 Å². The molecule has 0 spiro atoms. The molecule has 0 bridgehead atoms. The summed E-state index contributed by atoms with van der Waals surface area (Å²) in [4.78, 5) is 26.7. The van der Waals surface area contributed by atoms with Crippen molar-refractivity contribution in [3.63, 3.8) is 0 Å². The van der Waals surface area contributed by atoms with Crippen LogP contribution in [-0.2, 0) is 9.59 Å². The molecule has 0 aromatic heterocycles. The highest BCUT2D eigenvalue weighted by molar-refractivity contribution is 6.25. The average molecular weight is 301 g/mol. The SMILES string of the molecule is CCC(C)C1C(=O)NC(C(C)C)C(=O)N1CC(C)=CCl. The Morgan fingerprint density at radius 3 is 2.45 bits per heavy atom. The number of carbonyl (C=O) groups excluding carboxylic acids is 2. The van der Waals surface area contributed by atoms with Crippen LogP contribution < -0.4 is 5.32 Å².